The maximum Gasteiger partial charge on any atom is 0.152 e. The molecule has 1 aliphatic heterocycles. The molecular formula is C10H20O6. The van der Waals surface area contributed by atoms with Gasteiger partial charge in [-0.25, -0.2) is 0 Å². The van der Waals surface area contributed by atoms with E-state index in [1.165, 1.54) is 0 Å². The Labute approximate surface area is 95.7 Å². The molecule has 0 bridgehead atoms. The molecule has 0 aromatic carbocycles. The zero-order valence-electron chi connectivity index (χ0n) is 9.90. The summed E-state index contributed by atoms with van der Waals surface area (Å²) in [6.45, 7) is 5.02. The first kappa shape index (κ1) is 13.8. The summed E-state index contributed by atoms with van der Waals surface area (Å²) in [6.07, 6.45) is 0. The molecule has 6 heteroatoms. The van der Waals surface area contributed by atoms with Gasteiger partial charge < -0.3 is 28.4 Å². The van der Waals surface area contributed by atoms with Gasteiger partial charge in [-0.1, -0.05) is 6.92 Å². The molecule has 0 amide bonds. The van der Waals surface area contributed by atoms with E-state index >= 15 is 0 Å². The Morgan fingerprint density at radius 2 is 1.50 bits per heavy atom. The fourth-order valence-electron chi connectivity index (χ4n) is 1.18. The molecule has 1 heterocycles. The zero-order chi connectivity index (χ0) is 11.7. The molecule has 0 aliphatic carbocycles. The standard InChI is InChI=1S/C10H20O6/c1-10(3-12-4-10)5-13-7-15-9-16-8-14-6-11-2/h3-9H2,1-2H3. The summed E-state index contributed by atoms with van der Waals surface area (Å²) in [5, 5.41) is 0. The molecule has 0 unspecified atom stereocenters. The molecule has 0 N–H and O–H groups in total. The monoisotopic (exact) mass is 236 g/mol. The van der Waals surface area contributed by atoms with Crippen molar-refractivity contribution in [1.29, 1.82) is 0 Å². The van der Waals surface area contributed by atoms with Crippen molar-refractivity contribution in [3.63, 3.8) is 0 Å². The quantitative estimate of drug-likeness (QED) is 0.408. The van der Waals surface area contributed by atoms with Gasteiger partial charge in [0.2, 0.25) is 0 Å². The van der Waals surface area contributed by atoms with Crippen LogP contribution < -0.4 is 0 Å². The highest BCUT2D eigenvalue weighted by Gasteiger charge is 2.33. The molecule has 0 atom stereocenters. The van der Waals surface area contributed by atoms with Gasteiger partial charge in [0.1, 0.15) is 13.6 Å². The first-order valence-electron chi connectivity index (χ1n) is 5.14. The van der Waals surface area contributed by atoms with Crippen molar-refractivity contribution in [2.75, 3.05) is 54.1 Å². The average molecular weight is 236 g/mol. The molecule has 1 saturated heterocycles. The second kappa shape index (κ2) is 7.94. The van der Waals surface area contributed by atoms with Crippen LogP contribution in [0.3, 0.4) is 0 Å². The predicted molar refractivity (Wildman–Crippen MR) is 54.6 cm³/mol. The summed E-state index contributed by atoms with van der Waals surface area (Å²) in [6, 6.07) is 0. The molecular weight excluding hydrogens is 216 g/mol. The van der Waals surface area contributed by atoms with Crippen molar-refractivity contribution < 1.29 is 28.4 Å². The third-order valence-electron chi connectivity index (χ3n) is 2.05. The molecule has 6 nitrogen and oxygen atoms in total. The number of hydrogen-bond donors (Lipinski definition) is 0. The lowest BCUT2D eigenvalue weighted by atomic mass is 9.90. The van der Waals surface area contributed by atoms with E-state index in [0.29, 0.717) is 6.61 Å². The normalized spacial score (nSPS) is 18.4. The van der Waals surface area contributed by atoms with Gasteiger partial charge in [-0.15, -0.1) is 0 Å². The number of hydrogen-bond acceptors (Lipinski definition) is 6. The molecule has 0 saturated carbocycles. The van der Waals surface area contributed by atoms with Crippen molar-refractivity contribution in [3.8, 4) is 0 Å². The van der Waals surface area contributed by atoms with Crippen molar-refractivity contribution in [2.45, 2.75) is 6.92 Å². The lowest BCUT2D eigenvalue weighted by Gasteiger charge is -2.37. The topological polar surface area (TPSA) is 55.4 Å². The molecule has 0 aromatic rings. The summed E-state index contributed by atoms with van der Waals surface area (Å²) in [5.74, 6) is 0. The maximum atomic E-state index is 5.32. The second-order valence-electron chi connectivity index (χ2n) is 4.02. The van der Waals surface area contributed by atoms with E-state index in [4.69, 9.17) is 23.7 Å². The largest absolute Gasteiger partial charge is 0.380 e. The van der Waals surface area contributed by atoms with Gasteiger partial charge in [0.15, 0.2) is 13.6 Å². The van der Waals surface area contributed by atoms with Crippen molar-refractivity contribution >= 4 is 0 Å². The highest BCUT2D eigenvalue weighted by molar-refractivity contribution is 4.79. The predicted octanol–water partition coefficient (Wildman–Crippen LogP) is 0.566. The molecule has 1 fully saturated rings. The van der Waals surface area contributed by atoms with Gasteiger partial charge in [0.25, 0.3) is 0 Å². The van der Waals surface area contributed by atoms with Crippen molar-refractivity contribution in [1.82, 2.24) is 0 Å². The Bertz CT molecular complexity index is 171. The van der Waals surface area contributed by atoms with Gasteiger partial charge >= 0.3 is 0 Å². The SMILES string of the molecule is COCOCOCOCOCC1(C)COC1. The molecule has 16 heavy (non-hydrogen) atoms. The first-order valence-corrected chi connectivity index (χ1v) is 5.14. The summed E-state index contributed by atoms with van der Waals surface area (Å²) in [4.78, 5) is 0. The minimum absolute atomic E-state index is 0.150. The van der Waals surface area contributed by atoms with Crippen LogP contribution in [0.15, 0.2) is 0 Å². The van der Waals surface area contributed by atoms with E-state index in [1.807, 2.05) is 0 Å². The van der Waals surface area contributed by atoms with E-state index in [9.17, 15) is 0 Å². The smallest absolute Gasteiger partial charge is 0.152 e. The van der Waals surface area contributed by atoms with Crippen molar-refractivity contribution in [3.05, 3.63) is 0 Å². The van der Waals surface area contributed by atoms with E-state index < -0.39 is 0 Å². The van der Waals surface area contributed by atoms with Crippen LogP contribution in [0.4, 0.5) is 0 Å². The summed E-state index contributed by atoms with van der Waals surface area (Å²) < 4.78 is 30.0. The average Bonchev–Trinajstić information content (AvgIpc) is 2.24. The van der Waals surface area contributed by atoms with Gasteiger partial charge in [-0.3, -0.25) is 0 Å². The summed E-state index contributed by atoms with van der Waals surface area (Å²) in [7, 11) is 1.55. The summed E-state index contributed by atoms with van der Waals surface area (Å²) in [5.41, 5.74) is 0.159. The van der Waals surface area contributed by atoms with Crippen LogP contribution in [0.1, 0.15) is 6.92 Å². The van der Waals surface area contributed by atoms with Gasteiger partial charge in [-0.2, -0.15) is 0 Å². The van der Waals surface area contributed by atoms with Crippen molar-refractivity contribution in [2.24, 2.45) is 5.41 Å². The van der Waals surface area contributed by atoms with E-state index in [2.05, 4.69) is 11.7 Å². The lowest BCUT2D eigenvalue weighted by Crippen LogP contribution is -2.43. The molecule has 1 aliphatic rings. The van der Waals surface area contributed by atoms with Crippen LogP contribution in [0.25, 0.3) is 0 Å². The number of methoxy groups -OCH3 is 1. The van der Waals surface area contributed by atoms with Crippen LogP contribution in [-0.2, 0) is 28.4 Å². The Morgan fingerprint density at radius 3 is 2.00 bits per heavy atom. The van der Waals surface area contributed by atoms with Gasteiger partial charge in [0, 0.05) is 12.5 Å². The third-order valence-corrected chi connectivity index (χ3v) is 2.05. The van der Waals surface area contributed by atoms with E-state index in [1.54, 1.807) is 7.11 Å². The fraction of sp³-hybridized carbons (Fsp3) is 1.00. The van der Waals surface area contributed by atoms with Crippen LogP contribution in [-0.4, -0.2) is 54.1 Å². The van der Waals surface area contributed by atoms with Crippen LogP contribution >= 0.6 is 0 Å². The zero-order valence-corrected chi connectivity index (χ0v) is 9.90. The Hall–Kier alpha value is -0.240. The van der Waals surface area contributed by atoms with Crippen LogP contribution in [0.2, 0.25) is 0 Å². The van der Waals surface area contributed by atoms with E-state index in [0.717, 1.165) is 13.2 Å². The Morgan fingerprint density at radius 1 is 0.938 bits per heavy atom. The highest BCUT2D eigenvalue weighted by Crippen LogP contribution is 2.26. The second-order valence-corrected chi connectivity index (χ2v) is 4.02. The molecule has 1 rings (SSSR count). The van der Waals surface area contributed by atoms with E-state index in [-0.39, 0.29) is 32.6 Å². The minimum atomic E-state index is 0.150. The first-order chi connectivity index (χ1) is 7.77. The molecule has 0 radical (unpaired) electrons. The fourth-order valence-corrected chi connectivity index (χ4v) is 1.18. The van der Waals surface area contributed by atoms with Gasteiger partial charge in [-0.05, 0) is 0 Å². The number of ether oxygens (including phenoxy) is 6. The Kier molecular flexibility index (Phi) is 6.86. The third kappa shape index (κ3) is 5.74. The number of rotatable bonds is 10. The van der Waals surface area contributed by atoms with Crippen LogP contribution in [0.5, 0.6) is 0 Å². The molecule has 96 valence electrons. The maximum absolute atomic E-state index is 5.32. The summed E-state index contributed by atoms with van der Waals surface area (Å²) >= 11 is 0. The minimum Gasteiger partial charge on any atom is -0.380 e. The lowest BCUT2D eigenvalue weighted by molar-refractivity contribution is -0.205. The molecule has 0 spiro atoms. The van der Waals surface area contributed by atoms with Crippen LogP contribution in [0, 0.1) is 5.41 Å². The Balaban J connectivity index is 1.74. The molecule has 0 aromatic heterocycles. The van der Waals surface area contributed by atoms with Gasteiger partial charge in [0.05, 0.1) is 19.8 Å². The highest BCUT2D eigenvalue weighted by atomic mass is 16.8.